The number of rotatable bonds is 8. The summed E-state index contributed by atoms with van der Waals surface area (Å²) in [5.41, 5.74) is 1.34. The predicted molar refractivity (Wildman–Crippen MR) is 102 cm³/mol. The van der Waals surface area contributed by atoms with Crippen molar-refractivity contribution in [3.8, 4) is 0 Å². The molecule has 7 nitrogen and oxygen atoms in total. The van der Waals surface area contributed by atoms with Gasteiger partial charge in [-0.3, -0.25) is 4.79 Å². The second-order valence-corrected chi connectivity index (χ2v) is 8.40. The van der Waals surface area contributed by atoms with Crippen molar-refractivity contribution >= 4 is 33.5 Å². The van der Waals surface area contributed by atoms with Gasteiger partial charge in [0.2, 0.25) is 10.0 Å². The highest BCUT2D eigenvalue weighted by Crippen LogP contribution is 2.23. The lowest BCUT2D eigenvalue weighted by Gasteiger charge is -2.13. The standard InChI is InChI=1S/C18H23ClN2O5S/c1-20-27(24,25)16-11-14(7-8-15(16)19)18(23)26-12-17(22)21-10-9-13-5-3-2-4-6-13/h5,7-8,11,20H,2-4,6,9-10,12H2,1H3,(H,21,22). The van der Waals surface area contributed by atoms with Crippen LogP contribution < -0.4 is 10.0 Å². The maximum Gasteiger partial charge on any atom is 0.338 e. The topological polar surface area (TPSA) is 102 Å². The first-order valence-electron chi connectivity index (χ1n) is 8.68. The van der Waals surface area contributed by atoms with E-state index in [1.807, 2.05) is 0 Å². The van der Waals surface area contributed by atoms with Gasteiger partial charge in [0.05, 0.1) is 10.6 Å². The van der Waals surface area contributed by atoms with E-state index in [9.17, 15) is 18.0 Å². The van der Waals surface area contributed by atoms with E-state index in [-0.39, 0.29) is 15.5 Å². The maximum absolute atomic E-state index is 12.1. The summed E-state index contributed by atoms with van der Waals surface area (Å²) in [7, 11) is -2.57. The Hall–Kier alpha value is -1.90. The molecule has 148 valence electrons. The van der Waals surface area contributed by atoms with Crippen molar-refractivity contribution in [2.75, 3.05) is 20.2 Å². The van der Waals surface area contributed by atoms with E-state index >= 15 is 0 Å². The number of esters is 1. The van der Waals surface area contributed by atoms with Crippen LogP contribution >= 0.6 is 11.6 Å². The summed E-state index contributed by atoms with van der Waals surface area (Å²) < 4.78 is 30.9. The van der Waals surface area contributed by atoms with Gasteiger partial charge in [0.25, 0.3) is 5.91 Å². The van der Waals surface area contributed by atoms with Crippen molar-refractivity contribution < 1.29 is 22.7 Å². The molecule has 0 unspecified atom stereocenters. The van der Waals surface area contributed by atoms with E-state index in [0.717, 1.165) is 25.3 Å². The molecule has 2 N–H and O–H groups in total. The van der Waals surface area contributed by atoms with Crippen molar-refractivity contribution in [1.82, 2.24) is 10.0 Å². The van der Waals surface area contributed by atoms with E-state index in [0.29, 0.717) is 6.54 Å². The molecule has 0 saturated heterocycles. The second kappa shape index (κ2) is 9.87. The maximum atomic E-state index is 12.1. The number of carbonyl (C=O) groups is 2. The van der Waals surface area contributed by atoms with Crippen LogP contribution in [-0.4, -0.2) is 40.5 Å². The Balaban J connectivity index is 1.85. The number of ether oxygens (including phenoxy) is 1. The molecule has 1 amide bonds. The van der Waals surface area contributed by atoms with Gasteiger partial charge in [-0.15, -0.1) is 0 Å². The summed E-state index contributed by atoms with van der Waals surface area (Å²) in [6.07, 6.45) is 7.57. The molecule has 0 aliphatic heterocycles. The number of nitrogens with one attached hydrogen (secondary N) is 2. The van der Waals surface area contributed by atoms with Crippen LogP contribution in [0, 0.1) is 0 Å². The number of benzene rings is 1. The van der Waals surface area contributed by atoms with Crippen LogP contribution in [0.15, 0.2) is 34.7 Å². The zero-order valence-electron chi connectivity index (χ0n) is 15.1. The molecule has 1 aliphatic rings. The van der Waals surface area contributed by atoms with Crippen molar-refractivity contribution in [3.63, 3.8) is 0 Å². The first kappa shape index (κ1) is 21.4. The van der Waals surface area contributed by atoms with Crippen LogP contribution in [0.2, 0.25) is 5.02 Å². The third-order valence-corrected chi connectivity index (χ3v) is 6.11. The molecule has 0 fully saturated rings. The van der Waals surface area contributed by atoms with E-state index in [1.165, 1.54) is 37.6 Å². The average molecular weight is 415 g/mol. The van der Waals surface area contributed by atoms with Gasteiger partial charge in [-0.05, 0) is 57.4 Å². The smallest absolute Gasteiger partial charge is 0.338 e. The Morgan fingerprint density at radius 2 is 2.04 bits per heavy atom. The van der Waals surface area contributed by atoms with Crippen LogP contribution in [-0.2, 0) is 19.6 Å². The van der Waals surface area contributed by atoms with Gasteiger partial charge >= 0.3 is 5.97 Å². The monoisotopic (exact) mass is 414 g/mol. The molecule has 0 spiro atoms. The van der Waals surface area contributed by atoms with E-state index < -0.39 is 28.5 Å². The van der Waals surface area contributed by atoms with E-state index in [2.05, 4.69) is 16.1 Å². The van der Waals surface area contributed by atoms with Crippen LogP contribution in [0.3, 0.4) is 0 Å². The molecule has 0 atom stereocenters. The summed E-state index contributed by atoms with van der Waals surface area (Å²) in [5.74, 6) is -1.21. The molecule has 0 bridgehead atoms. The van der Waals surface area contributed by atoms with Gasteiger partial charge in [-0.1, -0.05) is 23.3 Å². The van der Waals surface area contributed by atoms with Crippen LogP contribution in [0.5, 0.6) is 0 Å². The Kier molecular flexibility index (Phi) is 7.82. The number of carbonyl (C=O) groups excluding carboxylic acids is 2. The number of hydrogen-bond donors (Lipinski definition) is 2. The number of sulfonamides is 1. The quantitative estimate of drug-likeness (QED) is 0.502. The first-order chi connectivity index (χ1) is 12.8. The minimum absolute atomic E-state index is 0.00612. The van der Waals surface area contributed by atoms with Gasteiger partial charge in [-0.2, -0.15) is 0 Å². The van der Waals surface area contributed by atoms with Gasteiger partial charge < -0.3 is 10.1 Å². The molecule has 2 rings (SSSR count). The minimum atomic E-state index is -3.81. The lowest BCUT2D eigenvalue weighted by atomic mass is 9.97. The Morgan fingerprint density at radius 3 is 2.70 bits per heavy atom. The normalized spacial score (nSPS) is 14.4. The zero-order valence-corrected chi connectivity index (χ0v) is 16.7. The molecule has 1 aromatic carbocycles. The number of hydrogen-bond acceptors (Lipinski definition) is 5. The van der Waals surface area contributed by atoms with Gasteiger partial charge in [0.15, 0.2) is 6.61 Å². The van der Waals surface area contributed by atoms with Crippen LogP contribution in [0.25, 0.3) is 0 Å². The molecule has 27 heavy (non-hydrogen) atoms. The van der Waals surface area contributed by atoms with Gasteiger partial charge in [0.1, 0.15) is 4.90 Å². The van der Waals surface area contributed by atoms with E-state index in [1.54, 1.807) is 0 Å². The third kappa shape index (κ3) is 6.34. The van der Waals surface area contributed by atoms with E-state index in [4.69, 9.17) is 16.3 Å². The van der Waals surface area contributed by atoms with Crippen molar-refractivity contribution in [3.05, 3.63) is 40.4 Å². The molecule has 0 saturated carbocycles. The Labute approximate surface area is 164 Å². The Morgan fingerprint density at radius 1 is 1.26 bits per heavy atom. The lowest BCUT2D eigenvalue weighted by molar-refractivity contribution is -0.124. The summed E-state index contributed by atoms with van der Waals surface area (Å²) in [6.45, 7) is 0.0579. The highest BCUT2D eigenvalue weighted by Gasteiger charge is 2.19. The molecule has 9 heteroatoms. The molecule has 0 radical (unpaired) electrons. The fraction of sp³-hybridized carbons (Fsp3) is 0.444. The zero-order chi connectivity index (χ0) is 19.9. The summed E-state index contributed by atoms with van der Waals surface area (Å²) in [4.78, 5) is 23.7. The summed E-state index contributed by atoms with van der Waals surface area (Å²) in [6, 6.07) is 3.75. The largest absolute Gasteiger partial charge is 0.452 e. The number of halogens is 1. The van der Waals surface area contributed by atoms with Gasteiger partial charge in [-0.25, -0.2) is 17.9 Å². The third-order valence-electron chi connectivity index (χ3n) is 4.21. The first-order valence-corrected chi connectivity index (χ1v) is 10.5. The summed E-state index contributed by atoms with van der Waals surface area (Å²) in [5, 5.41) is 2.69. The fourth-order valence-corrected chi connectivity index (χ4v) is 3.95. The van der Waals surface area contributed by atoms with Crippen molar-refractivity contribution in [2.45, 2.75) is 37.0 Å². The minimum Gasteiger partial charge on any atom is -0.452 e. The number of amides is 1. The lowest BCUT2D eigenvalue weighted by Crippen LogP contribution is -2.30. The molecular formula is C18H23ClN2O5S. The number of allylic oxidation sites excluding steroid dienone is 1. The van der Waals surface area contributed by atoms with Gasteiger partial charge in [0, 0.05) is 6.54 Å². The Bertz CT molecular complexity index is 836. The molecule has 1 aromatic rings. The second-order valence-electron chi connectivity index (χ2n) is 6.14. The van der Waals surface area contributed by atoms with Crippen LogP contribution in [0.1, 0.15) is 42.5 Å². The van der Waals surface area contributed by atoms with Crippen molar-refractivity contribution in [1.29, 1.82) is 0 Å². The van der Waals surface area contributed by atoms with Crippen LogP contribution in [0.4, 0.5) is 0 Å². The predicted octanol–water partition coefficient (Wildman–Crippen LogP) is 2.41. The highest BCUT2D eigenvalue weighted by atomic mass is 35.5. The molecule has 0 aromatic heterocycles. The fourth-order valence-electron chi connectivity index (χ4n) is 2.71. The summed E-state index contributed by atoms with van der Waals surface area (Å²) >= 11 is 5.87. The molecule has 0 heterocycles. The SMILES string of the molecule is CNS(=O)(=O)c1cc(C(=O)OCC(=O)NCCC2=CCCCC2)ccc1Cl. The van der Waals surface area contributed by atoms with Crippen molar-refractivity contribution in [2.24, 2.45) is 0 Å². The molecule has 1 aliphatic carbocycles. The molecular weight excluding hydrogens is 392 g/mol. The average Bonchev–Trinajstić information content (AvgIpc) is 2.67. The highest BCUT2D eigenvalue weighted by molar-refractivity contribution is 7.89.